The summed E-state index contributed by atoms with van der Waals surface area (Å²) in [7, 11) is 1.69. The SMILES string of the molecule is CCOc1c(Br)cc(CC2(C(C)C)CCCN2)cc1OC. The highest BCUT2D eigenvalue weighted by Gasteiger charge is 2.36. The number of benzene rings is 1. The van der Waals surface area contributed by atoms with E-state index in [2.05, 4.69) is 47.2 Å². The normalized spacial score (nSPS) is 21.8. The van der Waals surface area contributed by atoms with Crippen molar-refractivity contribution in [3.05, 3.63) is 22.2 Å². The molecule has 0 spiro atoms. The molecule has 1 aliphatic heterocycles. The first-order valence-corrected chi connectivity index (χ1v) is 8.56. The number of hydrogen-bond donors (Lipinski definition) is 1. The van der Waals surface area contributed by atoms with Crippen molar-refractivity contribution in [2.45, 2.75) is 45.6 Å². The lowest BCUT2D eigenvalue weighted by Crippen LogP contribution is -2.46. The van der Waals surface area contributed by atoms with E-state index >= 15 is 0 Å². The largest absolute Gasteiger partial charge is 0.493 e. The first kappa shape index (κ1) is 16.6. The molecule has 118 valence electrons. The fourth-order valence-corrected chi connectivity index (χ4v) is 3.81. The van der Waals surface area contributed by atoms with Crippen LogP contribution in [0.3, 0.4) is 0 Å². The fourth-order valence-electron chi connectivity index (χ4n) is 3.20. The van der Waals surface area contributed by atoms with Gasteiger partial charge in [0.05, 0.1) is 18.2 Å². The maximum atomic E-state index is 5.67. The third kappa shape index (κ3) is 3.54. The average Bonchev–Trinajstić information content (AvgIpc) is 2.91. The molecule has 0 aromatic heterocycles. The molecule has 0 radical (unpaired) electrons. The first-order valence-electron chi connectivity index (χ1n) is 7.76. The first-order chi connectivity index (χ1) is 10.0. The van der Waals surface area contributed by atoms with Crippen molar-refractivity contribution in [3.8, 4) is 11.5 Å². The van der Waals surface area contributed by atoms with Crippen LogP contribution in [0.4, 0.5) is 0 Å². The molecule has 1 heterocycles. The minimum absolute atomic E-state index is 0.206. The molecular formula is C17H26BrNO2. The number of nitrogens with one attached hydrogen (secondary N) is 1. The van der Waals surface area contributed by atoms with Gasteiger partial charge in [0.25, 0.3) is 0 Å². The summed E-state index contributed by atoms with van der Waals surface area (Å²) in [4.78, 5) is 0. The molecule has 0 amide bonds. The topological polar surface area (TPSA) is 30.5 Å². The van der Waals surface area contributed by atoms with Crippen molar-refractivity contribution in [2.24, 2.45) is 5.92 Å². The molecular weight excluding hydrogens is 330 g/mol. The molecule has 4 heteroatoms. The molecule has 21 heavy (non-hydrogen) atoms. The van der Waals surface area contributed by atoms with E-state index in [1.165, 1.54) is 18.4 Å². The van der Waals surface area contributed by atoms with Gasteiger partial charge in [-0.05, 0) is 72.3 Å². The van der Waals surface area contributed by atoms with Gasteiger partial charge in [0, 0.05) is 5.54 Å². The average molecular weight is 356 g/mol. The highest BCUT2D eigenvalue weighted by Crippen LogP contribution is 2.39. The van der Waals surface area contributed by atoms with Crippen LogP contribution in [0.25, 0.3) is 0 Å². The number of methoxy groups -OCH3 is 1. The predicted octanol–water partition coefficient (Wildman–Crippen LogP) is 4.18. The van der Waals surface area contributed by atoms with Gasteiger partial charge < -0.3 is 14.8 Å². The zero-order valence-corrected chi connectivity index (χ0v) is 15.0. The molecule has 1 unspecified atom stereocenters. The molecule has 1 fully saturated rings. The second kappa shape index (κ2) is 7.01. The van der Waals surface area contributed by atoms with Gasteiger partial charge in [-0.1, -0.05) is 13.8 Å². The highest BCUT2D eigenvalue weighted by molar-refractivity contribution is 9.10. The lowest BCUT2D eigenvalue weighted by molar-refractivity contribution is 0.268. The Morgan fingerprint density at radius 2 is 2.14 bits per heavy atom. The summed E-state index contributed by atoms with van der Waals surface area (Å²) in [6.45, 7) is 8.34. The van der Waals surface area contributed by atoms with E-state index in [1.807, 2.05) is 6.92 Å². The minimum atomic E-state index is 0.206. The second-order valence-electron chi connectivity index (χ2n) is 6.06. The monoisotopic (exact) mass is 355 g/mol. The van der Waals surface area contributed by atoms with Gasteiger partial charge in [-0.25, -0.2) is 0 Å². The summed E-state index contributed by atoms with van der Waals surface area (Å²) >= 11 is 3.62. The van der Waals surface area contributed by atoms with Crippen LogP contribution in [0.15, 0.2) is 16.6 Å². The van der Waals surface area contributed by atoms with E-state index in [1.54, 1.807) is 7.11 Å². The van der Waals surface area contributed by atoms with Crippen molar-refractivity contribution in [2.75, 3.05) is 20.3 Å². The summed E-state index contributed by atoms with van der Waals surface area (Å²) in [5, 5.41) is 3.73. The number of ether oxygens (including phenoxy) is 2. The number of halogens is 1. The fraction of sp³-hybridized carbons (Fsp3) is 0.647. The summed E-state index contributed by atoms with van der Waals surface area (Å²) < 4.78 is 12.1. The van der Waals surface area contributed by atoms with E-state index in [0.717, 1.165) is 28.9 Å². The Morgan fingerprint density at radius 1 is 1.38 bits per heavy atom. The van der Waals surface area contributed by atoms with Crippen LogP contribution < -0.4 is 14.8 Å². The van der Waals surface area contributed by atoms with Crippen LogP contribution in [0.2, 0.25) is 0 Å². The van der Waals surface area contributed by atoms with E-state index < -0.39 is 0 Å². The van der Waals surface area contributed by atoms with Crippen LogP contribution in [0.1, 0.15) is 39.2 Å². The standard InChI is InChI=1S/C17H26BrNO2/c1-5-21-16-14(18)9-13(10-15(16)20-4)11-17(12(2)3)7-6-8-19-17/h9-10,12,19H,5-8,11H2,1-4H3. The Hall–Kier alpha value is -0.740. The number of rotatable bonds is 6. The van der Waals surface area contributed by atoms with Crippen LogP contribution in [-0.4, -0.2) is 25.8 Å². The Kier molecular flexibility index (Phi) is 5.55. The minimum Gasteiger partial charge on any atom is -0.493 e. The van der Waals surface area contributed by atoms with Crippen LogP contribution in [-0.2, 0) is 6.42 Å². The summed E-state index contributed by atoms with van der Waals surface area (Å²) in [6.07, 6.45) is 3.51. The molecule has 1 N–H and O–H groups in total. The van der Waals surface area contributed by atoms with Gasteiger partial charge in [0.15, 0.2) is 11.5 Å². The van der Waals surface area contributed by atoms with Crippen LogP contribution >= 0.6 is 15.9 Å². The third-order valence-corrected chi connectivity index (χ3v) is 5.07. The van der Waals surface area contributed by atoms with Gasteiger partial charge in [0.2, 0.25) is 0 Å². The predicted molar refractivity (Wildman–Crippen MR) is 90.4 cm³/mol. The molecule has 1 aromatic rings. The van der Waals surface area contributed by atoms with Gasteiger partial charge >= 0.3 is 0 Å². The zero-order chi connectivity index (χ0) is 15.5. The van der Waals surface area contributed by atoms with Crippen LogP contribution in [0, 0.1) is 5.92 Å². The van der Waals surface area contributed by atoms with Crippen molar-refractivity contribution in [3.63, 3.8) is 0 Å². The van der Waals surface area contributed by atoms with Gasteiger partial charge in [-0.2, -0.15) is 0 Å². The van der Waals surface area contributed by atoms with E-state index in [4.69, 9.17) is 9.47 Å². The van der Waals surface area contributed by atoms with Crippen molar-refractivity contribution >= 4 is 15.9 Å². The lowest BCUT2D eigenvalue weighted by atomic mass is 9.80. The van der Waals surface area contributed by atoms with Crippen molar-refractivity contribution in [1.29, 1.82) is 0 Å². The Bertz CT molecular complexity index is 482. The zero-order valence-electron chi connectivity index (χ0n) is 13.5. The van der Waals surface area contributed by atoms with E-state index in [9.17, 15) is 0 Å². The highest BCUT2D eigenvalue weighted by atomic mass is 79.9. The quantitative estimate of drug-likeness (QED) is 0.830. The lowest BCUT2D eigenvalue weighted by Gasteiger charge is -2.34. The van der Waals surface area contributed by atoms with E-state index in [-0.39, 0.29) is 5.54 Å². The van der Waals surface area contributed by atoms with Gasteiger partial charge in [-0.3, -0.25) is 0 Å². The Balaban J connectivity index is 2.30. The molecule has 1 aliphatic rings. The maximum Gasteiger partial charge on any atom is 0.175 e. The molecule has 1 saturated heterocycles. The molecule has 0 aliphatic carbocycles. The molecule has 2 rings (SSSR count). The second-order valence-corrected chi connectivity index (χ2v) is 6.91. The number of hydrogen-bond acceptors (Lipinski definition) is 3. The van der Waals surface area contributed by atoms with Crippen molar-refractivity contribution < 1.29 is 9.47 Å². The van der Waals surface area contributed by atoms with Crippen molar-refractivity contribution in [1.82, 2.24) is 5.32 Å². The maximum absolute atomic E-state index is 5.67. The Morgan fingerprint density at radius 3 is 2.67 bits per heavy atom. The molecule has 3 nitrogen and oxygen atoms in total. The van der Waals surface area contributed by atoms with Gasteiger partial charge in [-0.15, -0.1) is 0 Å². The molecule has 0 bridgehead atoms. The Labute approximate surface area is 136 Å². The van der Waals surface area contributed by atoms with Gasteiger partial charge in [0.1, 0.15) is 0 Å². The van der Waals surface area contributed by atoms with Crippen LogP contribution in [0.5, 0.6) is 11.5 Å². The molecule has 1 atom stereocenters. The third-order valence-electron chi connectivity index (χ3n) is 4.48. The van der Waals surface area contributed by atoms with E-state index in [0.29, 0.717) is 12.5 Å². The summed E-state index contributed by atoms with van der Waals surface area (Å²) in [6, 6.07) is 4.28. The summed E-state index contributed by atoms with van der Waals surface area (Å²) in [5.74, 6) is 2.20. The smallest absolute Gasteiger partial charge is 0.175 e. The molecule has 0 saturated carbocycles. The summed E-state index contributed by atoms with van der Waals surface area (Å²) in [5.41, 5.74) is 1.49. The molecule has 1 aromatic carbocycles.